The molecule has 0 saturated carbocycles. The van der Waals surface area contributed by atoms with Gasteiger partial charge in [-0.05, 0) is 45.6 Å². The molecule has 0 radical (unpaired) electrons. The van der Waals surface area contributed by atoms with Crippen LogP contribution in [0.3, 0.4) is 0 Å². The highest BCUT2D eigenvalue weighted by Crippen LogP contribution is 2.27. The lowest BCUT2D eigenvalue weighted by atomic mass is 10.2. The fourth-order valence-electron chi connectivity index (χ4n) is 1.58. The van der Waals surface area contributed by atoms with Gasteiger partial charge in [-0.3, -0.25) is 10.1 Å². The molecule has 1 aromatic carbocycles. The van der Waals surface area contributed by atoms with Gasteiger partial charge in [0, 0.05) is 17.6 Å². The number of hydrogen-bond acceptors (Lipinski definition) is 4. The summed E-state index contributed by atoms with van der Waals surface area (Å²) in [6.45, 7) is 1.74. The number of rotatable bonds is 7. The molecular formula is C12H18ClN3O2. The highest BCUT2D eigenvalue weighted by Gasteiger charge is 2.13. The fourth-order valence-corrected chi connectivity index (χ4v) is 1.75. The summed E-state index contributed by atoms with van der Waals surface area (Å²) in [5.74, 6) is 0. The molecule has 0 heterocycles. The minimum Gasteiger partial charge on any atom is -0.379 e. The molecule has 0 aliphatic heterocycles. The number of nitrogens with zero attached hydrogens (tertiary/aromatic N) is 2. The van der Waals surface area contributed by atoms with E-state index in [0.29, 0.717) is 10.7 Å². The Morgan fingerprint density at radius 2 is 2.11 bits per heavy atom. The van der Waals surface area contributed by atoms with Gasteiger partial charge in [-0.1, -0.05) is 11.6 Å². The lowest BCUT2D eigenvalue weighted by molar-refractivity contribution is -0.383. The van der Waals surface area contributed by atoms with Crippen molar-refractivity contribution in [2.24, 2.45) is 0 Å². The van der Waals surface area contributed by atoms with Crippen molar-refractivity contribution in [2.45, 2.75) is 12.8 Å². The van der Waals surface area contributed by atoms with Crippen LogP contribution in [0.5, 0.6) is 0 Å². The summed E-state index contributed by atoms with van der Waals surface area (Å²) in [5.41, 5.74) is 0.546. The van der Waals surface area contributed by atoms with E-state index in [1.165, 1.54) is 6.07 Å². The fraction of sp³-hybridized carbons (Fsp3) is 0.500. The second-order valence-electron chi connectivity index (χ2n) is 4.36. The van der Waals surface area contributed by atoms with Crippen molar-refractivity contribution in [1.29, 1.82) is 0 Å². The third-order valence-electron chi connectivity index (χ3n) is 2.50. The Kier molecular flexibility index (Phi) is 5.88. The minimum absolute atomic E-state index is 0.0232. The zero-order valence-electron chi connectivity index (χ0n) is 10.6. The van der Waals surface area contributed by atoms with Crippen LogP contribution in [0.25, 0.3) is 0 Å². The smallest absolute Gasteiger partial charge is 0.293 e. The molecule has 0 bridgehead atoms. The highest BCUT2D eigenvalue weighted by molar-refractivity contribution is 6.30. The van der Waals surface area contributed by atoms with Gasteiger partial charge >= 0.3 is 0 Å². The Labute approximate surface area is 112 Å². The zero-order valence-corrected chi connectivity index (χ0v) is 11.4. The third kappa shape index (κ3) is 4.89. The third-order valence-corrected chi connectivity index (χ3v) is 2.74. The normalized spacial score (nSPS) is 10.7. The summed E-state index contributed by atoms with van der Waals surface area (Å²) in [7, 11) is 4.05. The number of halogens is 1. The molecule has 0 unspecified atom stereocenters. The summed E-state index contributed by atoms with van der Waals surface area (Å²) >= 11 is 5.74. The highest BCUT2D eigenvalue weighted by atomic mass is 35.5. The molecule has 0 spiro atoms. The first kappa shape index (κ1) is 14.7. The van der Waals surface area contributed by atoms with Crippen LogP contribution in [-0.2, 0) is 0 Å². The van der Waals surface area contributed by atoms with Crippen molar-refractivity contribution in [1.82, 2.24) is 4.90 Å². The van der Waals surface area contributed by atoms with Gasteiger partial charge in [0.1, 0.15) is 5.69 Å². The molecule has 0 aromatic heterocycles. The molecule has 1 N–H and O–H groups in total. The lowest BCUT2D eigenvalue weighted by Gasteiger charge is -2.10. The minimum atomic E-state index is -0.423. The number of unbranched alkanes of at least 4 members (excludes halogenated alkanes) is 1. The van der Waals surface area contributed by atoms with Crippen molar-refractivity contribution >= 4 is 23.0 Å². The molecule has 5 nitrogen and oxygen atoms in total. The molecular weight excluding hydrogens is 254 g/mol. The predicted molar refractivity (Wildman–Crippen MR) is 74.4 cm³/mol. The van der Waals surface area contributed by atoms with Gasteiger partial charge < -0.3 is 10.2 Å². The van der Waals surface area contributed by atoms with E-state index in [-0.39, 0.29) is 5.69 Å². The van der Waals surface area contributed by atoms with Crippen LogP contribution in [0.4, 0.5) is 11.4 Å². The van der Waals surface area contributed by atoms with E-state index in [9.17, 15) is 10.1 Å². The second-order valence-corrected chi connectivity index (χ2v) is 4.79. The average Bonchev–Trinajstić information content (AvgIpc) is 2.29. The van der Waals surface area contributed by atoms with Crippen LogP contribution in [0.1, 0.15) is 12.8 Å². The van der Waals surface area contributed by atoms with E-state index < -0.39 is 4.92 Å². The topological polar surface area (TPSA) is 58.4 Å². The maximum absolute atomic E-state index is 10.9. The number of nitro benzene ring substituents is 1. The largest absolute Gasteiger partial charge is 0.379 e. The molecule has 1 aromatic rings. The Bertz CT molecular complexity index is 410. The van der Waals surface area contributed by atoms with Crippen LogP contribution in [0.2, 0.25) is 5.02 Å². The quantitative estimate of drug-likeness (QED) is 0.470. The monoisotopic (exact) mass is 271 g/mol. The average molecular weight is 272 g/mol. The lowest BCUT2D eigenvalue weighted by Crippen LogP contribution is -2.14. The van der Waals surface area contributed by atoms with Crippen LogP contribution in [0.15, 0.2) is 18.2 Å². The van der Waals surface area contributed by atoms with Crippen molar-refractivity contribution in [3.8, 4) is 0 Å². The van der Waals surface area contributed by atoms with Gasteiger partial charge in [-0.25, -0.2) is 0 Å². The first-order chi connectivity index (χ1) is 8.50. The number of nitrogens with one attached hydrogen (secondary N) is 1. The van der Waals surface area contributed by atoms with Crippen LogP contribution in [0, 0.1) is 10.1 Å². The molecule has 0 atom stereocenters. The number of benzene rings is 1. The van der Waals surface area contributed by atoms with Gasteiger partial charge in [0.05, 0.1) is 4.92 Å². The number of hydrogen-bond donors (Lipinski definition) is 1. The van der Waals surface area contributed by atoms with E-state index in [4.69, 9.17) is 11.6 Å². The van der Waals surface area contributed by atoms with Crippen molar-refractivity contribution in [3.05, 3.63) is 33.3 Å². The Morgan fingerprint density at radius 1 is 1.39 bits per heavy atom. The summed E-state index contributed by atoms with van der Waals surface area (Å²) in [4.78, 5) is 12.5. The number of nitro groups is 1. The van der Waals surface area contributed by atoms with Crippen LogP contribution < -0.4 is 5.32 Å². The second kappa shape index (κ2) is 7.18. The maximum atomic E-state index is 10.9. The molecule has 6 heteroatoms. The molecule has 18 heavy (non-hydrogen) atoms. The standard InChI is InChI=1S/C12H18ClN3O2/c1-15(2)8-4-3-7-14-11-6-5-10(13)9-12(11)16(17)18/h5-6,9,14H,3-4,7-8H2,1-2H3. The van der Waals surface area contributed by atoms with Crippen LogP contribution in [-0.4, -0.2) is 37.0 Å². The Balaban J connectivity index is 2.49. The first-order valence-electron chi connectivity index (χ1n) is 5.83. The van der Waals surface area contributed by atoms with Gasteiger partial charge in [0.25, 0.3) is 5.69 Å². The SMILES string of the molecule is CN(C)CCCCNc1ccc(Cl)cc1[N+](=O)[O-]. The summed E-state index contributed by atoms with van der Waals surface area (Å²) in [5, 5.41) is 14.3. The number of anilines is 1. The summed E-state index contributed by atoms with van der Waals surface area (Å²) < 4.78 is 0. The molecule has 1 rings (SSSR count). The van der Waals surface area contributed by atoms with Crippen LogP contribution >= 0.6 is 11.6 Å². The molecule has 0 fully saturated rings. The summed E-state index contributed by atoms with van der Waals surface area (Å²) in [6.07, 6.45) is 2.03. The van der Waals surface area contributed by atoms with E-state index in [1.807, 2.05) is 14.1 Å². The van der Waals surface area contributed by atoms with Gasteiger partial charge in [-0.15, -0.1) is 0 Å². The molecule has 0 aliphatic rings. The Hall–Kier alpha value is -1.33. The van der Waals surface area contributed by atoms with Crippen molar-refractivity contribution in [2.75, 3.05) is 32.5 Å². The van der Waals surface area contributed by atoms with Gasteiger partial charge in [-0.2, -0.15) is 0 Å². The van der Waals surface area contributed by atoms with Crippen molar-refractivity contribution in [3.63, 3.8) is 0 Å². The first-order valence-corrected chi connectivity index (χ1v) is 6.21. The molecule has 0 saturated heterocycles. The summed E-state index contributed by atoms with van der Waals surface area (Å²) in [6, 6.07) is 4.66. The predicted octanol–water partition coefficient (Wildman–Crippen LogP) is 3.00. The molecule has 0 amide bonds. The maximum Gasteiger partial charge on any atom is 0.293 e. The van der Waals surface area contributed by atoms with E-state index in [2.05, 4.69) is 10.2 Å². The molecule has 100 valence electrons. The van der Waals surface area contributed by atoms with E-state index >= 15 is 0 Å². The van der Waals surface area contributed by atoms with E-state index in [0.717, 1.165) is 25.9 Å². The zero-order chi connectivity index (χ0) is 13.5. The van der Waals surface area contributed by atoms with Gasteiger partial charge in [0.15, 0.2) is 0 Å². The van der Waals surface area contributed by atoms with E-state index in [1.54, 1.807) is 12.1 Å². The van der Waals surface area contributed by atoms with Gasteiger partial charge in [0.2, 0.25) is 0 Å². The molecule has 0 aliphatic carbocycles. The van der Waals surface area contributed by atoms with Crippen molar-refractivity contribution < 1.29 is 4.92 Å². The Morgan fingerprint density at radius 3 is 2.72 bits per heavy atom.